The molecule has 0 saturated carbocycles. The van der Waals surface area contributed by atoms with Crippen LogP contribution in [0.5, 0.6) is 5.75 Å². The van der Waals surface area contributed by atoms with E-state index in [1.54, 1.807) is 43.4 Å². The molecule has 0 saturated heterocycles. The summed E-state index contributed by atoms with van der Waals surface area (Å²) >= 11 is 11.9. The molecule has 1 N–H and O–H groups in total. The Morgan fingerprint density at radius 3 is 2.41 bits per heavy atom. The van der Waals surface area contributed by atoms with Gasteiger partial charge in [-0.05, 0) is 42.3 Å². The van der Waals surface area contributed by atoms with Crippen molar-refractivity contribution < 1.29 is 14.3 Å². The molecule has 0 fully saturated rings. The summed E-state index contributed by atoms with van der Waals surface area (Å²) in [7, 11) is 1.55. The van der Waals surface area contributed by atoms with Gasteiger partial charge in [0.25, 0.3) is 5.91 Å². The number of halogens is 2. The molecule has 0 unspecified atom stereocenters. The maximum absolute atomic E-state index is 12.9. The van der Waals surface area contributed by atoms with E-state index in [0.29, 0.717) is 22.2 Å². The molecular weight excluding hydrogens is 387 g/mol. The Morgan fingerprint density at radius 1 is 1.11 bits per heavy atom. The predicted octanol–water partition coefficient (Wildman–Crippen LogP) is 3.93. The Labute approximate surface area is 169 Å². The lowest BCUT2D eigenvalue weighted by molar-refractivity contribution is -0.142. The lowest BCUT2D eigenvalue weighted by Crippen LogP contribution is -2.49. The van der Waals surface area contributed by atoms with E-state index in [2.05, 4.69) is 5.32 Å². The number of benzene rings is 2. The zero-order chi connectivity index (χ0) is 19.8. The first-order valence-electron chi connectivity index (χ1n) is 8.58. The second-order valence-electron chi connectivity index (χ2n) is 5.93. The maximum Gasteiger partial charge on any atom is 0.261 e. The van der Waals surface area contributed by atoms with Gasteiger partial charge in [0, 0.05) is 23.6 Å². The average Bonchev–Trinajstić information content (AvgIpc) is 2.67. The van der Waals surface area contributed by atoms with Crippen LogP contribution in [-0.4, -0.2) is 36.4 Å². The second kappa shape index (κ2) is 10.2. The van der Waals surface area contributed by atoms with Gasteiger partial charge in [-0.15, -0.1) is 0 Å². The molecule has 0 heterocycles. The zero-order valence-electron chi connectivity index (χ0n) is 15.2. The molecule has 5 nitrogen and oxygen atoms in total. The van der Waals surface area contributed by atoms with E-state index in [0.717, 1.165) is 5.56 Å². The van der Waals surface area contributed by atoms with Gasteiger partial charge in [-0.25, -0.2) is 0 Å². The molecule has 0 radical (unpaired) electrons. The Kier molecular flexibility index (Phi) is 7.95. The van der Waals surface area contributed by atoms with Crippen LogP contribution < -0.4 is 10.1 Å². The van der Waals surface area contributed by atoms with Crippen LogP contribution in [0.15, 0.2) is 48.5 Å². The van der Waals surface area contributed by atoms with Crippen LogP contribution in [0.1, 0.15) is 18.9 Å². The number of hydrogen-bond acceptors (Lipinski definition) is 3. The average molecular weight is 409 g/mol. The van der Waals surface area contributed by atoms with Crippen LogP contribution in [0.3, 0.4) is 0 Å². The monoisotopic (exact) mass is 408 g/mol. The zero-order valence-corrected chi connectivity index (χ0v) is 16.8. The third-order valence-corrected chi connectivity index (χ3v) is 4.54. The van der Waals surface area contributed by atoms with Crippen molar-refractivity contribution in [2.75, 3.05) is 13.7 Å². The highest BCUT2D eigenvalue weighted by Gasteiger charge is 2.28. The normalized spacial score (nSPS) is 11.6. The highest BCUT2D eigenvalue weighted by Crippen LogP contribution is 2.18. The van der Waals surface area contributed by atoms with E-state index < -0.39 is 6.04 Å². The second-order valence-corrected chi connectivity index (χ2v) is 6.81. The van der Waals surface area contributed by atoms with E-state index in [-0.39, 0.29) is 25.0 Å². The van der Waals surface area contributed by atoms with Gasteiger partial charge in [0.1, 0.15) is 11.8 Å². The third kappa shape index (κ3) is 6.15. The van der Waals surface area contributed by atoms with Crippen molar-refractivity contribution in [3.05, 3.63) is 64.1 Å². The van der Waals surface area contributed by atoms with Crippen molar-refractivity contribution in [2.24, 2.45) is 0 Å². The number of nitrogens with zero attached hydrogens (tertiary/aromatic N) is 1. The van der Waals surface area contributed by atoms with Gasteiger partial charge in [0.05, 0.1) is 0 Å². The quantitative estimate of drug-likeness (QED) is 0.719. The Morgan fingerprint density at radius 2 is 1.81 bits per heavy atom. The van der Waals surface area contributed by atoms with Crippen molar-refractivity contribution in [1.29, 1.82) is 0 Å². The van der Waals surface area contributed by atoms with Gasteiger partial charge >= 0.3 is 0 Å². The molecule has 144 valence electrons. The largest absolute Gasteiger partial charge is 0.484 e. The van der Waals surface area contributed by atoms with Gasteiger partial charge < -0.3 is 15.0 Å². The van der Waals surface area contributed by atoms with Crippen molar-refractivity contribution in [3.8, 4) is 5.75 Å². The Bertz CT molecular complexity index is 781. The molecule has 2 aromatic carbocycles. The molecule has 27 heavy (non-hydrogen) atoms. The predicted molar refractivity (Wildman–Crippen MR) is 107 cm³/mol. The summed E-state index contributed by atoms with van der Waals surface area (Å²) in [5, 5.41) is 3.75. The minimum absolute atomic E-state index is 0.193. The number of carbonyl (C=O) groups excluding carboxylic acids is 2. The van der Waals surface area contributed by atoms with E-state index in [4.69, 9.17) is 27.9 Å². The van der Waals surface area contributed by atoms with Crippen LogP contribution in [-0.2, 0) is 16.1 Å². The van der Waals surface area contributed by atoms with Gasteiger partial charge in [-0.2, -0.15) is 0 Å². The number of amides is 2. The highest BCUT2D eigenvalue weighted by molar-refractivity contribution is 6.30. The molecule has 0 aliphatic rings. The Hall–Kier alpha value is -2.24. The minimum Gasteiger partial charge on any atom is -0.484 e. The topological polar surface area (TPSA) is 58.6 Å². The summed E-state index contributed by atoms with van der Waals surface area (Å²) < 4.78 is 5.57. The van der Waals surface area contributed by atoms with Gasteiger partial charge in [-0.3, -0.25) is 9.59 Å². The van der Waals surface area contributed by atoms with Gasteiger partial charge in [0.2, 0.25) is 5.91 Å². The lowest BCUT2D eigenvalue weighted by atomic mass is 10.1. The van der Waals surface area contributed by atoms with Crippen LogP contribution in [0, 0.1) is 0 Å². The molecule has 2 amide bonds. The van der Waals surface area contributed by atoms with Crippen molar-refractivity contribution in [3.63, 3.8) is 0 Å². The summed E-state index contributed by atoms with van der Waals surface area (Å²) in [6, 6.07) is 13.4. The van der Waals surface area contributed by atoms with E-state index >= 15 is 0 Å². The minimum atomic E-state index is -0.596. The first-order chi connectivity index (χ1) is 12.9. The molecule has 0 spiro atoms. The summed E-state index contributed by atoms with van der Waals surface area (Å²) in [5.41, 5.74) is 0.873. The van der Waals surface area contributed by atoms with Crippen LogP contribution in [0.2, 0.25) is 10.0 Å². The molecule has 2 aromatic rings. The highest BCUT2D eigenvalue weighted by atomic mass is 35.5. The Balaban J connectivity index is 2.17. The summed E-state index contributed by atoms with van der Waals surface area (Å²) in [6.07, 6.45) is 0.482. The molecule has 0 aliphatic heterocycles. The van der Waals surface area contributed by atoms with E-state index in [1.807, 2.05) is 19.1 Å². The van der Waals surface area contributed by atoms with Crippen LogP contribution >= 0.6 is 23.2 Å². The maximum atomic E-state index is 12.9. The molecule has 1 atom stereocenters. The molecule has 2 rings (SSSR count). The molecule has 0 bridgehead atoms. The molecule has 0 aromatic heterocycles. The number of ether oxygens (including phenoxy) is 1. The smallest absolute Gasteiger partial charge is 0.261 e. The number of carbonyl (C=O) groups is 2. The van der Waals surface area contributed by atoms with Gasteiger partial charge in [0.15, 0.2) is 6.61 Å². The number of nitrogens with one attached hydrogen (secondary N) is 1. The number of likely N-dealkylation sites (N-methyl/N-ethyl adjacent to an activating group) is 1. The summed E-state index contributed by atoms with van der Waals surface area (Å²) in [4.78, 5) is 26.6. The number of hydrogen-bond donors (Lipinski definition) is 1. The van der Waals surface area contributed by atoms with Crippen molar-refractivity contribution >= 4 is 35.0 Å². The van der Waals surface area contributed by atoms with Crippen molar-refractivity contribution in [2.45, 2.75) is 25.9 Å². The first-order valence-corrected chi connectivity index (χ1v) is 9.34. The SMILES string of the molecule is CC[C@@H](C(=O)NC)N(Cc1ccc(Cl)cc1)C(=O)COc1cccc(Cl)c1. The standard InChI is InChI=1S/C20H22Cl2N2O3/c1-3-18(20(26)23-2)24(12-14-7-9-15(21)10-8-14)19(25)13-27-17-6-4-5-16(22)11-17/h4-11,18H,3,12-13H2,1-2H3,(H,23,26)/t18-/m0/s1. The molecule has 0 aliphatic carbocycles. The van der Waals surface area contributed by atoms with Crippen molar-refractivity contribution in [1.82, 2.24) is 10.2 Å². The first kappa shape index (κ1) is 21.1. The van der Waals surface area contributed by atoms with Crippen LogP contribution in [0.4, 0.5) is 0 Å². The fourth-order valence-electron chi connectivity index (χ4n) is 2.66. The van der Waals surface area contributed by atoms with E-state index in [1.165, 1.54) is 4.90 Å². The lowest BCUT2D eigenvalue weighted by Gasteiger charge is -2.30. The molecular formula is C20H22Cl2N2O3. The van der Waals surface area contributed by atoms with Gasteiger partial charge in [-0.1, -0.05) is 48.3 Å². The molecule has 7 heteroatoms. The number of rotatable bonds is 8. The third-order valence-electron chi connectivity index (χ3n) is 4.06. The fourth-order valence-corrected chi connectivity index (χ4v) is 2.96. The summed E-state index contributed by atoms with van der Waals surface area (Å²) in [6.45, 7) is 1.95. The van der Waals surface area contributed by atoms with Crippen LogP contribution in [0.25, 0.3) is 0 Å². The van der Waals surface area contributed by atoms with E-state index in [9.17, 15) is 9.59 Å². The fraction of sp³-hybridized carbons (Fsp3) is 0.300. The summed E-state index contributed by atoms with van der Waals surface area (Å²) in [5.74, 6) is -0.0155.